The second-order valence-corrected chi connectivity index (χ2v) is 11.8. The van der Waals surface area contributed by atoms with Gasteiger partial charge in [0.25, 0.3) is 0 Å². The van der Waals surface area contributed by atoms with Crippen LogP contribution in [0.5, 0.6) is 0 Å². The summed E-state index contributed by atoms with van der Waals surface area (Å²) in [7, 11) is 0. The molecule has 4 atom stereocenters. The molecule has 1 aliphatic rings. The summed E-state index contributed by atoms with van der Waals surface area (Å²) < 4.78 is 24.6. The third-order valence-corrected chi connectivity index (χ3v) is 7.23. The van der Waals surface area contributed by atoms with Crippen molar-refractivity contribution in [3.8, 4) is 0 Å². The zero-order valence-corrected chi connectivity index (χ0v) is 25.8. The summed E-state index contributed by atoms with van der Waals surface area (Å²) in [5, 5.41) is 0. The van der Waals surface area contributed by atoms with Gasteiger partial charge in [-0.05, 0) is 50.5 Å². The van der Waals surface area contributed by atoms with Gasteiger partial charge in [-0.2, -0.15) is 0 Å². The quantitative estimate of drug-likeness (QED) is 0.179. The number of ketones is 1. The number of ether oxygens (including phenoxy) is 4. The molecule has 1 aliphatic heterocycles. The van der Waals surface area contributed by atoms with Gasteiger partial charge in [-0.25, -0.2) is 4.79 Å². The van der Waals surface area contributed by atoms with E-state index in [1.54, 1.807) is 26.8 Å². The largest absolute Gasteiger partial charge is 0.463 e. The van der Waals surface area contributed by atoms with Crippen molar-refractivity contribution in [2.24, 2.45) is 5.41 Å². The molecule has 232 valence electrons. The van der Waals surface area contributed by atoms with E-state index in [9.17, 15) is 14.4 Å². The normalized spacial score (nSPS) is 20.0. The van der Waals surface area contributed by atoms with Gasteiger partial charge in [-0.3, -0.25) is 14.5 Å². The van der Waals surface area contributed by atoms with E-state index in [1.807, 2.05) is 91.0 Å². The molecule has 4 rings (SSSR count). The molecular weight excluding hydrogens is 558 g/mol. The fourth-order valence-corrected chi connectivity index (χ4v) is 4.92. The van der Waals surface area contributed by atoms with Crippen molar-refractivity contribution in [2.75, 3.05) is 6.61 Å². The highest BCUT2D eigenvalue weighted by Crippen LogP contribution is 2.34. The first kappa shape index (κ1) is 32.6. The van der Waals surface area contributed by atoms with Crippen LogP contribution >= 0.6 is 0 Å². The Morgan fingerprint density at radius 2 is 1.18 bits per heavy atom. The Bertz CT molecular complexity index is 1390. The maximum absolute atomic E-state index is 13.9. The van der Waals surface area contributed by atoms with Crippen LogP contribution in [0.2, 0.25) is 0 Å². The molecule has 3 aromatic rings. The highest BCUT2D eigenvalue weighted by Gasteiger charge is 2.53. The van der Waals surface area contributed by atoms with Gasteiger partial charge in [0.15, 0.2) is 5.78 Å². The second-order valence-electron chi connectivity index (χ2n) is 11.8. The minimum absolute atomic E-state index is 0.0406. The molecule has 0 saturated carbocycles. The minimum Gasteiger partial charge on any atom is -0.463 e. The van der Waals surface area contributed by atoms with Gasteiger partial charge < -0.3 is 18.9 Å². The first-order valence-corrected chi connectivity index (χ1v) is 14.8. The summed E-state index contributed by atoms with van der Waals surface area (Å²) in [4.78, 5) is 40.4. The lowest BCUT2D eigenvalue weighted by Gasteiger charge is -2.30. The van der Waals surface area contributed by atoms with Crippen molar-refractivity contribution in [3.63, 3.8) is 0 Å². The lowest BCUT2D eigenvalue weighted by molar-refractivity contribution is -0.156. The predicted molar refractivity (Wildman–Crippen MR) is 166 cm³/mol. The summed E-state index contributed by atoms with van der Waals surface area (Å²) in [5.41, 5.74) is 1.93. The molecule has 1 amide bonds. The van der Waals surface area contributed by atoms with E-state index < -0.39 is 41.8 Å². The van der Waals surface area contributed by atoms with E-state index in [1.165, 1.54) is 17.9 Å². The van der Waals surface area contributed by atoms with Crippen molar-refractivity contribution >= 4 is 17.8 Å². The zero-order valence-electron chi connectivity index (χ0n) is 25.8. The third-order valence-electron chi connectivity index (χ3n) is 7.23. The first-order chi connectivity index (χ1) is 21.1. The van der Waals surface area contributed by atoms with Gasteiger partial charge in [0.1, 0.15) is 25.4 Å². The van der Waals surface area contributed by atoms with E-state index in [-0.39, 0.29) is 32.2 Å². The van der Waals surface area contributed by atoms with E-state index in [0.717, 1.165) is 16.7 Å². The molecule has 44 heavy (non-hydrogen) atoms. The van der Waals surface area contributed by atoms with Crippen molar-refractivity contribution in [1.82, 2.24) is 4.90 Å². The molecule has 0 radical (unpaired) electrons. The monoisotopic (exact) mass is 599 g/mol. The average Bonchev–Trinajstić information content (AvgIpc) is 3.32. The van der Waals surface area contributed by atoms with Gasteiger partial charge in [-0.15, -0.1) is 0 Å². The Hall–Kier alpha value is -4.27. The fraction of sp³-hybridized carbons (Fsp3) is 0.361. The smallest absolute Gasteiger partial charge is 0.411 e. The maximum Gasteiger partial charge on any atom is 0.411 e. The predicted octanol–water partition coefficient (Wildman–Crippen LogP) is 6.28. The second kappa shape index (κ2) is 15.5. The molecule has 3 aromatic carbocycles. The molecule has 0 bridgehead atoms. The summed E-state index contributed by atoms with van der Waals surface area (Å²) in [6, 6.07) is 27.2. The Kier molecular flexibility index (Phi) is 11.5. The van der Waals surface area contributed by atoms with Crippen LogP contribution in [0.3, 0.4) is 0 Å². The molecule has 1 heterocycles. The van der Waals surface area contributed by atoms with E-state index in [2.05, 4.69) is 0 Å². The number of amides is 1. The van der Waals surface area contributed by atoms with Gasteiger partial charge in [0.2, 0.25) is 0 Å². The number of rotatable bonds is 12. The molecule has 0 aromatic heterocycles. The number of likely N-dealkylation sites (tertiary alicyclic amines) is 1. The molecule has 1 saturated heterocycles. The lowest BCUT2D eigenvalue weighted by atomic mass is 9.97. The van der Waals surface area contributed by atoms with Crippen LogP contribution in [0.4, 0.5) is 4.79 Å². The zero-order chi connectivity index (χ0) is 31.5. The molecule has 0 aliphatic carbocycles. The number of hydrogen-bond acceptors (Lipinski definition) is 7. The van der Waals surface area contributed by atoms with Crippen molar-refractivity contribution in [2.45, 2.75) is 71.8 Å². The molecule has 0 unspecified atom stereocenters. The van der Waals surface area contributed by atoms with Crippen LogP contribution in [-0.2, 0) is 48.4 Å². The highest BCUT2D eigenvalue weighted by molar-refractivity contribution is 5.87. The van der Waals surface area contributed by atoms with Gasteiger partial charge in [0.05, 0.1) is 30.7 Å². The van der Waals surface area contributed by atoms with E-state index >= 15 is 0 Å². The van der Waals surface area contributed by atoms with Crippen LogP contribution in [0.1, 0.15) is 44.4 Å². The van der Waals surface area contributed by atoms with Crippen molar-refractivity contribution < 1.29 is 33.3 Å². The average molecular weight is 600 g/mol. The molecule has 1 fully saturated rings. The molecule has 8 nitrogen and oxygen atoms in total. The molecule has 8 heteroatoms. The number of nitrogens with zero attached hydrogens (tertiary/aromatic N) is 1. The number of hydrogen-bond donors (Lipinski definition) is 0. The first-order valence-electron chi connectivity index (χ1n) is 14.8. The minimum atomic E-state index is -0.768. The van der Waals surface area contributed by atoms with Gasteiger partial charge in [0, 0.05) is 0 Å². The molecule has 0 N–H and O–H groups in total. The Labute approximate surface area is 259 Å². The van der Waals surface area contributed by atoms with Gasteiger partial charge in [-0.1, -0.05) is 97.1 Å². The Morgan fingerprint density at radius 1 is 0.705 bits per heavy atom. The Balaban J connectivity index is 1.71. The summed E-state index contributed by atoms with van der Waals surface area (Å²) in [6.45, 7) is 7.11. The Morgan fingerprint density at radius 3 is 1.66 bits per heavy atom. The van der Waals surface area contributed by atoms with Crippen molar-refractivity contribution in [1.29, 1.82) is 0 Å². The summed E-state index contributed by atoms with van der Waals surface area (Å²) in [6.07, 6.45) is 0.989. The van der Waals surface area contributed by atoms with Crippen LogP contribution in [0.25, 0.3) is 0 Å². The summed E-state index contributed by atoms with van der Waals surface area (Å²) >= 11 is 0. The standard InChI is InChI=1S/C36H41NO7/c1-26(38)20-21-30-32(41-22-27-14-8-5-9-15-27)33(42-23-28-16-10-6-11-17-28)31(25-43-34(39)36(2,3)4)37(30)35(40)44-24-29-18-12-7-13-19-29/h5-21,30-33H,22-25H2,1-4H3/b21-20+/t30-,31+,32+,33-/m0/s1. The summed E-state index contributed by atoms with van der Waals surface area (Å²) in [5.74, 6) is -0.602. The SMILES string of the molecule is CC(=O)/C=C/[C@H]1[C@@H](OCc2ccccc2)[C@@H](OCc2ccccc2)[C@@H](COC(=O)C(C)(C)C)N1C(=O)OCc1ccccc1. The van der Waals surface area contributed by atoms with E-state index in [0.29, 0.717) is 0 Å². The number of allylic oxidation sites excluding steroid dienone is 1. The van der Waals surface area contributed by atoms with Crippen LogP contribution < -0.4 is 0 Å². The number of benzene rings is 3. The lowest BCUT2D eigenvalue weighted by Crippen LogP contribution is -2.47. The van der Waals surface area contributed by atoms with Crippen LogP contribution in [-0.4, -0.2) is 53.6 Å². The topological polar surface area (TPSA) is 91.4 Å². The van der Waals surface area contributed by atoms with Crippen LogP contribution in [0, 0.1) is 5.41 Å². The highest BCUT2D eigenvalue weighted by atomic mass is 16.6. The molecular formula is C36H41NO7. The van der Waals surface area contributed by atoms with Crippen LogP contribution in [0.15, 0.2) is 103 Å². The maximum atomic E-state index is 13.9. The third kappa shape index (κ3) is 9.11. The fourth-order valence-electron chi connectivity index (χ4n) is 4.92. The van der Waals surface area contributed by atoms with Crippen molar-refractivity contribution in [3.05, 3.63) is 120 Å². The number of esters is 1. The number of carbonyl (C=O) groups is 3. The van der Waals surface area contributed by atoms with Gasteiger partial charge >= 0.3 is 12.1 Å². The number of carbonyl (C=O) groups excluding carboxylic acids is 3. The van der Waals surface area contributed by atoms with E-state index in [4.69, 9.17) is 18.9 Å². The molecule has 0 spiro atoms.